The van der Waals surface area contributed by atoms with Crippen LogP contribution < -0.4 is 10.6 Å². The third-order valence-corrected chi connectivity index (χ3v) is 4.81. The van der Waals surface area contributed by atoms with E-state index in [2.05, 4.69) is 15.7 Å². The Hall–Kier alpha value is -2.78. The maximum absolute atomic E-state index is 13.0. The molecule has 140 valence electrons. The molecular formula is C18H17FN4O2S2. The van der Waals surface area contributed by atoms with Crippen LogP contribution in [-0.4, -0.2) is 28.0 Å². The van der Waals surface area contributed by atoms with Crippen molar-refractivity contribution < 1.29 is 13.9 Å². The molecule has 6 nitrogen and oxygen atoms in total. The molecule has 0 saturated heterocycles. The number of carbonyl (C=O) groups is 1. The molecule has 0 spiro atoms. The van der Waals surface area contributed by atoms with Crippen molar-refractivity contribution in [3.8, 4) is 0 Å². The van der Waals surface area contributed by atoms with E-state index in [0.29, 0.717) is 27.9 Å². The standard InChI is InChI=1S/C18H17FN4O2S2/c1-11-7-15(17(24)25-2)16(27-11)22-18(26)21-14-8-20-23(10-14)9-12-3-5-13(19)6-4-12/h3-8,10H,9H2,1-2H3,(H2,21,22,26). The van der Waals surface area contributed by atoms with Crippen molar-refractivity contribution in [3.05, 3.63) is 64.5 Å². The first-order chi connectivity index (χ1) is 12.9. The van der Waals surface area contributed by atoms with Crippen LogP contribution in [0.4, 0.5) is 15.1 Å². The highest BCUT2D eigenvalue weighted by Crippen LogP contribution is 2.28. The van der Waals surface area contributed by atoms with Crippen molar-refractivity contribution in [2.75, 3.05) is 17.7 Å². The van der Waals surface area contributed by atoms with Gasteiger partial charge in [0.05, 0.1) is 31.1 Å². The van der Waals surface area contributed by atoms with Crippen molar-refractivity contribution in [2.24, 2.45) is 0 Å². The molecule has 0 aliphatic heterocycles. The van der Waals surface area contributed by atoms with Crippen LogP contribution in [0.3, 0.4) is 0 Å². The quantitative estimate of drug-likeness (QED) is 0.494. The second-order valence-electron chi connectivity index (χ2n) is 5.72. The minimum Gasteiger partial charge on any atom is -0.465 e. The Morgan fingerprint density at radius 3 is 2.78 bits per heavy atom. The molecule has 2 aromatic heterocycles. The Labute approximate surface area is 165 Å². The molecule has 3 rings (SSSR count). The number of aromatic nitrogens is 2. The van der Waals surface area contributed by atoms with Gasteiger partial charge in [-0.3, -0.25) is 4.68 Å². The van der Waals surface area contributed by atoms with Crippen LogP contribution in [0.2, 0.25) is 0 Å². The summed E-state index contributed by atoms with van der Waals surface area (Å²) >= 11 is 6.73. The fourth-order valence-corrected chi connectivity index (χ4v) is 3.61. The first kappa shape index (κ1) is 19.0. The molecule has 3 aromatic rings. The zero-order valence-corrected chi connectivity index (χ0v) is 16.3. The van der Waals surface area contributed by atoms with E-state index in [1.165, 1.54) is 30.6 Å². The largest absolute Gasteiger partial charge is 0.465 e. The summed E-state index contributed by atoms with van der Waals surface area (Å²) in [4.78, 5) is 12.8. The van der Waals surface area contributed by atoms with Crippen LogP contribution >= 0.6 is 23.6 Å². The molecule has 0 amide bonds. The van der Waals surface area contributed by atoms with Gasteiger partial charge in [0.15, 0.2) is 5.11 Å². The van der Waals surface area contributed by atoms with Gasteiger partial charge in [-0.05, 0) is 42.9 Å². The number of nitrogens with one attached hydrogen (secondary N) is 2. The molecule has 0 saturated carbocycles. The van der Waals surface area contributed by atoms with Crippen molar-refractivity contribution in [2.45, 2.75) is 13.5 Å². The fraction of sp³-hybridized carbons (Fsp3) is 0.167. The second kappa shape index (κ2) is 8.28. The van der Waals surface area contributed by atoms with Gasteiger partial charge in [-0.25, -0.2) is 9.18 Å². The lowest BCUT2D eigenvalue weighted by Crippen LogP contribution is -2.19. The summed E-state index contributed by atoms with van der Waals surface area (Å²) in [5.74, 6) is -0.690. The number of benzene rings is 1. The van der Waals surface area contributed by atoms with Crippen molar-refractivity contribution in [3.63, 3.8) is 0 Å². The number of ether oxygens (including phenoxy) is 1. The number of thiophene rings is 1. The number of carbonyl (C=O) groups excluding carboxylic acids is 1. The molecule has 0 radical (unpaired) electrons. The van der Waals surface area contributed by atoms with E-state index in [9.17, 15) is 9.18 Å². The number of thiocarbonyl (C=S) groups is 1. The zero-order chi connectivity index (χ0) is 19.4. The van der Waals surface area contributed by atoms with Crippen molar-refractivity contribution in [1.82, 2.24) is 9.78 Å². The number of anilines is 2. The highest BCUT2D eigenvalue weighted by atomic mass is 32.1. The van der Waals surface area contributed by atoms with Gasteiger partial charge in [0.2, 0.25) is 0 Å². The van der Waals surface area contributed by atoms with Crippen LogP contribution in [0.1, 0.15) is 20.8 Å². The van der Waals surface area contributed by atoms with E-state index in [1.54, 1.807) is 35.3 Å². The maximum Gasteiger partial charge on any atom is 0.340 e. The summed E-state index contributed by atoms with van der Waals surface area (Å²) in [6.45, 7) is 2.41. The number of hydrogen-bond donors (Lipinski definition) is 2. The number of halogens is 1. The molecule has 0 unspecified atom stereocenters. The van der Waals surface area contributed by atoms with E-state index in [-0.39, 0.29) is 5.82 Å². The van der Waals surface area contributed by atoms with E-state index in [1.807, 2.05) is 6.92 Å². The van der Waals surface area contributed by atoms with Crippen molar-refractivity contribution in [1.29, 1.82) is 0 Å². The van der Waals surface area contributed by atoms with Gasteiger partial charge in [-0.15, -0.1) is 11.3 Å². The molecule has 0 fully saturated rings. The first-order valence-electron chi connectivity index (χ1n) is 7.98. The van der Waals surface area contributed by atoms with Gasteiger partial charge < -0.3 is 15.4 Å². The van der Waals surface area contributed by atoms with Gasteiger partial charge in [-0.2, -0.15) is 5.10 Å². The minimum atomic E-state index is -0.420. The smallest absolute Gasteiger partial charge is 0.340 e. The van der Waals surface area contributed by atoms with Crippen LogP contribution in [0.25, 0.3) is 0 Å². The Kier molecular flexibility index (Phi) is 5.82. The van der Waals surface area contributed by atoms with E-state index in [4.69, 9.17) is 17.0 Å². The Balaban J connectivity index is 1.63. The Morgan fingerprint density at radius 1 is 1.33 bits per heavy atom. The number of nitrogens with zero attached hydrogens (tertiary/aromatic N) is 2. The number of hydrogen-bond acceptors (Lipinski definition) is 5. The summed E-state index contributed by atoms with van der Waals surface area (Å²) in [6.07, 6.45) is 3.43. The van der Waals surface area contributed by atoms with E-state index >= 15 is 0 Å². The average molecular weight is 404 g/mol. The van der Waals surface area contributed by atoms with Gasteiger partial charge in [0, 0.05) is 11.1 Å². The Bertz CT molecular complexity index is 966. The number of esters is 1. The SMILES string of the molecule is COC(=O)c1cc(C)sc1NC(=S)Nc1cnn(Cc2ccc(F)cc2)c1. The molecule has 0 atom stereocenters. The summed E-state index contributed by atoms with van der Waals surface area (Å²) in [7, 11) is 1.34. The maximum atomic E-state index is 13.0. The molecule has 0 aliphatic carbocycles. The van der Waals surface area contributed by atoms with Crippen molar-refractivity contribution >= 4 is 45.3 Å². The van der Waals surface area contributed by atoms with E-state index in [0.717, 1.165) is 10.4 Å². The fourth-order valence-electron chi connectivity index (χ4n) is 2.43. The zero-order valence-electron chi connectivity index (χ0n) is 14.7. The summed E-state index contributed by atoms with van der Waals surface area (Å²) < 4.78 is 19.5. The molecule has 0 aliphatic rings. The third kappa shape index (κ3) is 4.89. The number of rotatable bonds is 5. The second-order valence-corrected chi connectivity index (χ2v) is 7.39. The van der Waals surface area contributed by atoms with Gasteiger partial charge in [0.1, 0.15) is 10.8 Å². The van der Waals surface area contributed by atoms with E-state index < -0.39 is 5.97 Å². The molecule has 2 N–H and O–H groups in total. The lowest BCUT2D eigenvalue weighted by Gasteiger charge is -2.08. The van der Waals surface area contributed by atoms with Crippen LogP contribution in [0.5, 0.6) is 0 Å². The predicted molar refractivity (Wildman–Crippen MR) is 108 cm³/mol. The number of aryl methyl sites for hydroxylation is 1. The lowest BCUT2D eigenvalue weighted by atomic mass is 10.2. The van der Waals surface area contributed by atoms with Gasteiger partial charge in [0.25, 0.3) is 0 Å². The summed E-state index contributed by atoms with van der Waals surface area (Å²) in [5.41, 5.74) is 2.07. The highest BCUT2D eigenvalue weighted by molar-refractivity contribution is 7.80. The molecule has 2 heterocycles. The average Bonchev–Trinajstić information content (AvgIpc) is 3.22. The lowest BCUT2D eigenvalue weighted by molar-refractivity contribution is 0.0602. The molecule has 1 aromatic carbocycles. The highest BCUT2D eigenvalue weighted by Gasteiger charge is 2.16. The summed E-state index contributed by atoms with van der Waals surface area (Å²) in [6, 6.07) is 8.01. The Morgan fingerprint density at radius 2 is 2.07 bits per heavy atom. The number of methoxy groups -OCH3 is 1. The predicted octanol–water partition coefficient (Wildman–Crippen LogP) is 4.04. The topological polar surface area (TPSA) is 68.2 Å². The van der Waals surface area contributed by atoms with Crippen LogP contribution in [-0.2, 0) is 11.3 Å². The van der Waals surface area contributed by atoms with Gasteiger partial charge in [-0.1, -0.05) is 12.1 Å². The van der Waals surface area contributed by atoms with Crippen LogP contribution in [0, 0.1) is 12.7 Å². The van der Waals surface area contributed by atoms with Gasteiger partial charge >= 0.3 is 5.97 Å². The molecule has 27 heavy (non-hydrogen) atoms. The normalized spacial score (nSPS) is 10.5. The van der Waals surface area contributed by atoms with Crippen LogP contribution in [0.15, 0.2) is 42.7 Å². The summed E-state index contributed by atoms with van der Waals surface area (Å²) in [5, 5.41) is 11.3. The first-order valence-corrected chi connectivity index (χ1v) is 9.20. The third-order valence-electron chi connectivity index (χ3n) is 3.64. The molecule has 0 bridgehead atoms. The monoisotopic (exact) mass is 404 g/mol. The minimum absolute atomic E-state index is 0.270. The molecule has 9 heteroatoms. The molecular weight excluding hydrogens is 387 g/mol.